The van der Waals surface area contributed by atoms with Gasteiger partial charge in [0, 0.05) is 18.9 Å². The zero-order chi connectivity index (χ0) is 11.8. The van der Waals surface area contributed by atoms with Gasteiger partial charge in [-0.3, -0.25) is 4.79 Å². The molecule has 1 heterocycles. The molecule has 2 nitrogen and oxygen atoms in total. The zero-order valence-electron chi connectivity index (χ0n) is 8.89. The van der Waals surface area contributed by atoms with Crippen LogP contribution in [0.1, 0.15) is 25.7 Å². The Morgan fingerprint density at radius 3 is 2.81 bits per heavy atom. The fourth-order valence-corrected chi connectivity index (χ4v) is 2.62. The second-order valence-electron chi connectivity index (χ2n) is 4.49. The van der Waals surface area contributed by atoms with Crippen molar-refractivity contribution in [3.63, 3.8) is 0 Å². The zero-order valence-corrected chi connectivity index (χ0v) is 10.5. The average molecular weight is 294 g/mol. The number of hydrogen-bond donors (Lipinski definition) is 0. The Morgan fingerprint density at radius 1 is 1.56 bits per heavy atom. The molecule has 90 valence electrons. The summed E-state index contributed by atoms with van der Waals surface area (Å²) in [6.45, 7) is -0.194. The quantitative estimate of drug-likeness (QED) is 0.728. The molecule has 0 N–H and O–H groups in total. The first-order valence-corrected chi connectivity index (χ1v) is 6.28. The Kier molecular flexibility index (Phi) is 3.33. The van der Waals surface area contributed by atoms with Gasteiger partial charge in [0.2, 0.25) is 5.91 Å². The van der Waals surface area contributed by atoms with Crippen LogP contribution in [0.25, 0.3) is 0 Å². The van der Waals surface area contributed by atoms with Gasteiger partial charge in [-0.1, -0.05) is 22.0 Å². The fourth-order valence-electron chi connectivity index (χ4n) is 2.21. The standard InChI is InChI=1S/C11H14BrF2NO/c12-9-3-1-8(2-4-9)10(16)15-6-5-11(13,14)7-15/h3,8H,1-2,4-7H2. The van der Waals surface area contributed by atoms with E-state index < -0.39 is 12.5 Å². The van der Waals surface area contributed by atoms with Gasteiger partial charge in [0.15, 0.2) is 0 Å². The van der Waals surface area contributed by atoms with Crippen molar-refractivity contribution in [3.05, 3.63) is 10.6 Å². The molecular formula is C11H14BrF2NO. The number of allylic oxidation sites excluding steroid dienone is 2. The lowest BCUT2D eigenvalue weighted by Gasteiger charge is -2.24. The average Bonchev–Trinajstić information content (AvgIpc) is 2.59. The predicted octanol–water partition coefficient (Wildman–Crippen LogP) is 2.93. The smallest absolute Gasteiger partial charge is 0.267 e. The third-order valence-electron chi connectivity index (χ3n) is 3.19. The molecule has 16 heavy (non-hydrogen) atoms. The molecule has 1 aliphatic heterocycles. The molecule has 0 spiro atoms. The summed E-state index contributed by atoms with van der Waals surface area (Å²) in [5.74, 6) is -2.88. The number of carbonyl (C=O) groups is 1. The van der Waals surface area contributed by atoms with E-state index in [1.165, 1.54) is 4.90 Å². The van der Waals surface area contributed by atoms with Crippen LogP contribution in [0.2, 0.25) is 0 Å². The third-order valence-corrected chi connectivity index (χ3v) is 3.91. The van der Waals surface area contributed by atoms with Crippen LogP contribution in [-0.2, 0) is 4.79 Å². The number of likely N-dealkylation sites (tertiary alicyclic amines) is 1. The summed E-state index contributed by atoms with van der Waals surface area (Å²) in [5, 5.41) is 0. The Labute approximate surface area is 102 Å². The molecule has 0 saturated carbocycles. The fraction of sp³-hybridized carbons (Fsp3) is 0.727. The summed E-state index contributed by atoms with van der Waals surface area (Å²) in [6, 6.07) is 0. The summed E-state index contributed by atoms with van der Waals surface area (Å²) in [6.07, 6.45) is 4.05. The lowest BCUT2D eigenvalue weighted by Crippen LogP contribution is -2.36. The van der Waals surface area contributed by atoms with E-state index in [-0.39, 0.29) is 24.8 Å². The molecule has 1 aliphatic carbocycles. The third kappa shape index (κ3) is 2.62. The highest BCUT2D eigenvalue weighted by Crippen LogP contribution is 2.32. The Bertz CT molecular complexity index is 330. The largest absolute Gasteiger partial charge is 0.336 e. The van der Waals surface area contributed by atoms with Crippen LogP contribution < -0.4 is 0 Å². The van der Waals surface area contributed by atoms with Crippen molar-refractivity contribution >= 4 is 21.8 Å². The summed E-state index contributed by atoms with van der Waals surface area (Å²) in [7, 11) is 0. The summed E-state index contributed by atoms with van der Waals surface area (Å²) >= 11 is 3.38. The molecule has 5 heteroatoms. The normalized spacial score (nSPS) is 29.1. The number of hydrogen-bond acceptors (Lipinski definition) is 1. The van der Waals surface area contributed by atoms with Crippen molar-refractivity contribution in [1.29, 1.82) is 0 Å². The minimum absolute atomic E-state index is 0.102. The number of alkyl halides is 2. The molecule has 0 aromatic carbocycles. The number of halogens is 3. The molecule has 1 amide bonds. The van der Waals surface area contributed by atoms with Gasteiger partial charge in [-0.05, 0) is 23.7 Å². The summed E-state index contributed by atoms with van der Waals surface area (Å²) < 4.78 is 27.1. The van der Waals surface area contributed by atoms with Crippen LogP contribution in [0.5, 0.6) is 0 Å². The van der Waals surface area contributed by atoms with Crippen LogP contribution >= 0.6 is 15.9 Å². The molecule has 0 aromatic rings. The van der Waals surface area contributed by atoms with E-state index >= 15 is 0 Å². The van der Waals surface area contributed by atoms with Crippen LogP contribution in [0.3, 0.4) is 0 Å². The topological polar surface area (TPSA) is 20.3 Å². The number of rotatable bonds is 1. The molecule has 1 fully saturated rings. The molecule has 1 saturated heterocycles. The first-order valence-electron chi connectivity index (χ1n) is 5.49. The Morgan fingerprint density at radius 2 is 2.31 bits per heavy atom. The minimum Gasteiger partial charge on any atom is -0.336 e. The van der Waals surface area contributed by atoms with Crippen LogP contribution in [0, 0.1) is 5.92 Å². The van der Waals surface area contributed by atoms with E-state index in [2.05, 4.69) is 15.9 Å². The van der Waals surface area contributed by atoms with E-state index in [4.69, 9.17) is 0 Å². The van der Waals surface area contributed by atoms with Crippen molar-refractivity contribution in [2.24, 2.45) is 5.92 Å². The van der Waals surface area contributed by atoms with Crippen molar-refractivity contribution in [2.45, 2.75) is 31.6 Å². The van der Waals surface area contributed by atoms with Gasteiger partial charge in [-0.25, -0.2) is 8.78 Å². The monoisotopic (exact) mass is 293 g/mol. The summed E-state index contributed by atoms with van der Waals surface area (Å²) in [4.78, 5) is 13.3. The van der Waals surface area contributed by atoms with Gasteiger partial charge in [0.05, 0.1) is 6.54 Å². The van der Waals surface area contributed by atoms with Crippen molar-refractivity contribution in [1.82, 2.24) is 4.90 Å². The molecule has 0 aromatic heterocycles. The van der Waals surface area contributed by atoms with Crippen LogP contribution in [-0.4, -0.2) is 29.8 Å². The number of nitrogens with zero attached hydrogens (tertiary/aromatic N) is 1. The molecule has 2 aliphatic rings. The molecule has 1 atom stereocenters. The molecule has 0 bridgehead atoms. The Hall–Kier alpha value is -0.450. The van der Waals surface area contributed by atoms with E-state index in [9.17, 15) is 13.6 Å². The van der Waals surface area contributed by atoms with Gasteiger partial charge in [0.25, 0.3) is 5.92 Å². The Balaban J connectivity index is 1.94. The minimum atomic E-state index is -2.68. The second kappa shape index (κ2) is 4.43. The predicted molar refractivity (Wildman–Crippen MR) is 60.5 cm³/mol. The number of amides is 1. The van der Waals surface area contributed by atoms with Gasteiger partial charge < -0.3 is 4.90 Å². The van der Waals surface area contributed by atoms with Crippen LogP contribution in [0.15, 0.2) is 10.6 Å². The highest BCUT2D eigenvalue weighted by atomic mass is 79.9. The molecule has 2 rings (SSSR count). The first-order chi connectivity index (χ1) is 7.48. The highest BCUT2D eigenvalue weighted by Gasteiger charge is 2.41. The van der Waals surface area contributed by atoms with E-state index in [1.807, 2.05) is 6.08 Å². The maximum atomic E-state index is 13.0. The SMILES string of the molecule is O=C(C1CC=C(Br)CC1)N1CCC(F)(F)C1. The second-order valence-corrected chi connectivity index (χ2v) is 5.51. The van der Waals surface area contributed by atoms with Crippen molar-refractivity contribution in [3.8, 4) is 0 Å². The van der Waals surface area contributed by atoms with E-state index in [0.717, 1.165) is 17.3 Å². The van der Waals surface area contributed by atoms with Crippen LogP contribution in [0.4, 0.5) is 8.78 Å². The van der Waals surface area contributed by atoms with Crippen molar-refractivity contribution in [2.75, 3.05) is 13.1 Å². The maximum absolute atomic E-state index is 13.0. The van der Waals surface area contributed by atoms with Gasteiger partial charge >= 0.3 is 0 Å². The van der Waals surface area contributed by atoms with Gasteiger partial charge in [-0.2, -0.15) is 0 Å². The van der Waals surface area contributed by atoms with Crippen molar-refractivity contribution < 1.29 is 13.6 Å². The lowest BCUT2D eigenvalue weighted by atomic mass is 9.93. The summed E-state index contributed by atoms with van der Waals surface area (Å²) in [5.41, 5.74) is 0. The maximum Gasteiger partial charge on any atom is 0.267 e. The van der Waals surface area contributed by atoms with E-state index in [0.29, 0.717) is 6.42 Å². The highest BCUT2D eigenvalue weighted by molar-refractivity contribution is 9.11. The number of carbonyl (C=O) groups excluding carboxylic acids is 1. The molecule has 0 radical (unpaired) electrons. The van der Waals surface area contributed by atoms with Gasteiger partial charge in [0.1, 0.15) is 0 Å². The van der Waals surface area contributed by atoms with Gasteiger partial charge in [-0.15, -0.1) is 0 Å². The lowest BCUT2D eigenvalue weighted by molar-refractivity contribution is -0.136. The molecule has 1 unspecified atom stereocenters. The van der Waals surface area contributed by atoms with E-state index in [1.54, 1.807) is 0 Å². The molecular weight excluding hydrogens is 280 g/mol. The first kappa shape index (κ1) is 12.0.